The summed E-state index contributed by atoms with van der Waals surface area (Å²) < 4.78 is 0. The smallest absolute Gasteiger partial charge is 0.327 e. The van der Waals surface area contributed by atoms with Gasteiger partial charge in [0, 0.05) is 36.7 Å². The predicted molar refractivity (Wildman–Crippen MR) is 83.8 cm³/mol. The van der Waals surface area contributed by atoms with Crippen molar-refractivity contribution >= 4 is 35.4 Å². The first kappa shape index (κ1) is 16.0. The fraction of sp³-hybridized carbons (Fsp3) is 0.429. The standard InChI is InChI=1S/C14H17ClN2O3S/c1-16(8-10-4-2-3-5-11(10)15)14(20)17-6-7-21-9-12(17)13(18)19/h2-5,12H,6-9H2,1H3,(H,18,19). The molecule has 5 nitrogen and oxygen atoms in total. The monoisotopic (exact) mass is 328 g/mol. The summed E-state index contributed by atoms with van der Waals surface area (Å²) in [7, 11) is 1.66. The minimum Gasteiger partial charge on any atom is -0.480 e. The molecule has 1 aromatic rings. The van der Waals surface area contributed by atoms with Crippen molar-refractivity contribution in [2.45, 2.75) is 12.6 Å². The van der Waals surface area contributed by atoms with E-state index in [4.69, 9.17) is 11.6 Å². The van der Waals surface area contributed by atoms with Crippen LogP contribution < -0.4 is 0 Å². The molecular weight excluding hydrogens is 312 g/mol. The van der Waals surface area contributed by atoms with Gasteiger partial charge in [0.15, 0.2) is 0 Å². The molecule has 0 radical (unpaired) electrons. The van der Waals surface area contributed by atoms with Gasteiger partial charge >= 0.3 is 12.0 Å². The number of nitrogens with zero attached hydrogens (tertiary/aromatic N) is 2. The zero-order valence-electron chi connectivity index (χ0n) is 11.7. The number of thioether (sulfide) groups is 1. The lowest BCUT2D eigenvalue weighted by Crippen LogP contribution is -2.53. The fourth-order valence-corrected chi connectivity index (χ4v) is 3.44. The van der Waals surface area contributed by atoms with Crippen LogP contribution in [-0.2, 0) is 11.3 Å². The van der Waals surface area contributed by atoms with Gasteiger partial charge in [-0.3, -0.25) is 0 Å². The number of benzene rings is 1. The van der Waals surface area contributed by atoms with Gasteiger partial charge in [0.05, 0.1) is 0 Å². The molecule has 0 spiro atoms. The molecule has 1 aliphatic heterocycles. The third-order valence-electron chi connectivity index (χ3n) is 3.35. The Morgan fingerprint density at radius 1 is 1.48 bits per heavy atom. The van der Waals surface area contributed by atoms with E-state index < -0.39 is 12.0 Å². The van der Waals surface area contributed by atoms with E-state index in [0.717, 1.165) is 11.3 Å². The molecule has 1 fully saturated rings. The first-order valence-corrected chi connectivity index (χ1v) is 8.09. The van der Waals surface area contributed by atoms with Crippen LogP contribution in [0.2, 0.25) is 5.02 Å². The molecule has 0 aromatic heterocycles. The van der Waals surface area contributed by atoms with Crippen molar-refractivity contribution in [3.05, 3.63) is 34.9 Å². The lowest BCUT2D eigenvalue weighted by Gasteiger charge is -2.35. The van der Waals surface area contributed by atoms with Crippen LogP contribution in [0.3, 0.4) is 0 Å². The summed E-state index contributed by atoms with van der Waals surface area (Å²) in [5.74, 6) is 0.234. The zero-order chi connectivity index (χ0) is 15.4. The lowest BCUT2D eigenvalue weighted by molar-refractivity contribution is -0.141. The van der Waals surface area contributed by atoms with Crippen molar-refractivity contribution in [2.75, 3.05) is 25.1 Å². The number of carbonyl (C=O) groups excluding carboxylic acids is 1. The van der Waals surface area contributed by atoms with Crippen molar-refractivity contribution in [3.63, 3.8) is 0 Å². The highest BCUT2D eigenvalue weighted by Crippen LogP contribution is 2.20. The maximum Gasteiger partial charge on any atom is 0.327 e. The summed E-state index contributed by atoms with van der Waals surface area (Å²) >= 11 is 7.65. The molecule has 0 bridgehead atoms. The van der Waals surface area contributed by atoms with Gasteiger partial charge in [-0.1, -0.05) is 29.8 Å². The molecule has 1 atom stereocenters. The third-order valence-corrected chi connectivity index (χ3v) is 4.74. The Bertz CT molecular complexity index is 541. The van der Waals surface area contributed by atoms with Crippen LogP contribution in [0.5, 0.6) is 0 Å². The van der Waals surface area contributed by atoms with Gasteiger partial charge in [-0.05, 0) is 11.6 Å². The summed E-state index contributed by atoms with van der Waals surface area (Å²) in [6, 6.07) is 6.28. The van der Waals surface area contributed by atoms with Crippen LogP contribution in [0.25, 0.3) is 0 Å². The molecule has 0 aliphatic carbocycles. The largest absolute Gasteiger partial charge is 0.480 e. The molecule has 114 valence electrons. The Morgan fingerprint density at radius 3 is 2.86 bits per heavy atom. The number of rotatable bonds is 3. The minimum atomic E-state index is -0.957. The quantitative estimate of drug-likeness (QED) is 0.925. The lowest BCUT2D eigenvalue weighted by atomic mass is 10.2. The average Bonchev–Trinajstić information content (AvgIpc) is 2.48. The Labute approximate surface area is 132 Å². The molecular formula is C14H17ClN2O3S. The third kappa shape index (κ3) is 3.83. The molecule has 1 aliphatic rings. The highest BCUT2D eigenvalue weighted by Gasteiger charge is 2.33. The van der Waals surface area contributed by atoms with Crippen molar-refractivity contribution in [2.24, 2.45) is 0 Å². The second kappa shape index (κ2) is 7.04. The molecule has 1 N–H and O–H groups in total. The van der Waals surface area contributed by atoms with E-state index in [1.54, 1.807) is 24.9 Å². The summed E-state index contributed by atoms with van der Waals surface area (Å²) in [4.78, 5) is 26.7. The molecule has 7 heteroatoms. The molecule has 2 rings (SSSR count). The van der Waals surface area contributed by atoms with Crippen LogP contribution in [0, 0.1) is 0 Å². The van der Waals surface area contributed by atoms with E-state index >= 15 is 0 Å². The van der Waals surface area contributed by atoms with E-state index in [1.807, 2.05) is 18.2 Å². The normalized spacial score (nSPS) is 18.4. The fourth-order valence-electron chi connectivity index (χ4n) is 2.21. The van der Waals surface area contributed by atoms with E-state index in [2.05, 4.69) is 0 Å². The average molecular weight is 329 g/mol. The summed E-state index contributed by atoms with van der Waals surface area (Å²) in [6.45, 7) is 0.807. The van der Waals surface area contributed by atoms with Crippen LogP contribution in [-0.4, -0.2) is 58.0 Å². The number of hydrogen-bond donors (Lipinski definition) is 1. The molecule has 1 unspecified atom stereocenters. The van der Waals surface area contributed by atoms with Gasteiger partial charge in [-0.2, -0.15) is 11.8 Å². The summed E-state index contributed by atoms with van der Waals surface area (Å²) in [5, 5.41) is 9.82. The van der Waals surface area contributed by atoms with E-state index in [-0.39, 0.29) is 6.03 Å². The summed E-state index contributed by atoms with van der Waals surface area (Å²) in [5.41, 5.74) is 0.841. The van der Waals surface area contributed by atoms with Crippen LogP contribution in [0.1, 0.15) is 5.56 Å². The number of carboxylic acids is 1. The van der Waals surface area contributed by atoms with E-state index in [0.29, 0.717) is 23.9 Å². The van der Waals surface area contributed by atoms with Crippen LogP contribution in [0.4, 0.5) is 4.79 Å². The molecule has 1 saturated heterocycles. The van der Waals surface area contributed by atoms with Gasteiger partial charge in [0.1, 0.15) is 6.04 Å². The number of carboxylic acid groups (broad SMARTS) is 1. The van der Waals surface area contributed by atoms with Crippen LogP contribution in [0.15, 0.2) is 24.3 Å². The molecule has 2 amide bonds. The Hall–Kier alpha value is -1.40. The van der Waals surface area contributed by atoms with E-state index in [9.17, 15) is 14.7 Å². The number of halogens is 1. The minimum absolute atomic E-state index is 0.275. The Kier molecular flexibility index (Phi) is 5.36. The number of aliphatic carboxylic acids is 1. The second-order valence-electron chi connectivity index (χ2n) is 4.85. The van der Waals surface area contributed by atoms with E-state index in [1.165, 1.54) is 9.80 Å². The number of carbonyl (C=O) groups is 2. The van der Waals surface area contributed by atoms with Gasteiger partial charge in [-0.15, -0.1) is 0 Å². The first-order valence-electron chi connectivity index (χ1n) is 6.56. The topological polar surface area (TPSA) is 60.9 Å². The zero-order valence-corrected chi connectivity index (χ0v) is 13.2. The molecule has 0 saturated carbocycles. The predicted octanol–water partition coefficient (Wildman–Crippen LogP) is 2.39. The maximum atomic E-state index is 12.5. The maximum absolute atomic E-state index is 12.5. The number of amides is 2. The van der Waals surface area contributed by atoms with Crippen molar-refractivity contribution in [3.8, 4) is 0 Å². The van der Waals surface area contributed by atoms with Crippen molar-refractivity contribution in [1.82, 2.24) is 9.80 Å². The van der Waals surface area contributed by atoms with Gasteiger partial charge in [0.25, 0.3) is 0 Å². The van der Waals surface area contributed by atoms with Gasteiger partial charge in [0.2, 0.25) is 0 Å². The highest BCUT2D eigenvalue weighted by atomic mass is 35.5. The van der Waals surface area contributed by atoms with Gasteiger partial charge in [-0.25, -0.2) is 9.59 Å². The number of urea groups is 1. The summed E-state index contributed by atoms with van der Waals surface area (Å²) in [6.07, 6.45) is 0. The Balaban J connectivity index is 2.07. The van der Waals surface area contributed by atoms with Crippen LogP contribution >= 0.6 is 23.4 Å². The second-order valence-corrected chi connectivity index (χ2v) is 6.41. The first-order chi connectivity index (χ1) is 10.0. The highest BCUT2D eigenvalue weighted by molar-refractivity contribution is 7.99. The molecule has 21 heavy (non-hydrogen) atoms. The SMILES string of the molecule is CN(Cc1ccccc1Cl)C(=O)N1CCSCC1C(=O)O. The molecule has 1 heterocycles. The molecule has 1 aromatic carbocycles. The van der Waals surface area contributed by atoms with Crippen molar-refractivity contribution < 1.29 is 14.7 Å². The Morgan fingerprint density at radius 2 is 2.19 bits per heavy atom. The van der Waals surface area contributed by atoms with Gasteiger partial charge < -0.3 is 14.9 Å². The van der Waals surface area contributed by atoms with Crippen molar-refractivity contribution in [1.29, 1.82) is 0 Å². The number of hydrogen-bond acceptors (Lipinski definition) is 3.